The third kappa shape index (κ3) is 4.59. The Bertz CT molecular complexity index is 513. The van der Waals surface area contributed by atoms with Crippen LogP contribution in [0, 0.1) is 3.57 Å². The van der Waals surface area contributed by atoms with Gasteiger partial charge in [-0.3, -0.25) is 0 Å². The van der Waals surface area contributed by atoms with Gasteiger partial charge in [-0.1, -0.05) is 12.1 Å². The predicted octanol–water partition coefficient (Wildman–Crippen LogP) is 2.60. The first kappa shape index (κ1) is 14.5. The standard InChI is InChI=1S/C14H18IN3O/c1-19-7-3-6-16-9-12-4-2-5-14(8-12)18-11-13(15)10-17-18/h2,4-5,8,10-11,16H,3,6-7,9H2,1H3. The van der Waals surface area contributed by atoms with Crippen LogP contribution in [0.4, 0.5) is 0 Å². The Labute approximate surface area is 127 Å². The number of hydrogen-bond donors (Lipinski definition) is 1. The normalized spacial score (nSPS) is 10.8. The van der Waals surface area contributed by atoms with Gasteiger partial charge < -0.3 is 10.1 Å². The lowest BCUT2D eigenvalue weighted by molar-refractivity contribution is 0.194. The maximum Gasteiger partial charge on any atom is 0.0649 e. The van der Waals surface area contributed by atoms with Crippen molar-refractivity contribution in [2.24, 2.45) is 0 Å². The van der Waals surface area contributed by atoms with Crippen molar-refractivity contribution in [2.75, 3.05) is 20.3 Å². The van der Waals surface area contributed by atoms with Crippen molar-refractivity contribution in [1.29, 1.82) is 0 Å². The molecule has 1 N–H and O–H groups in total. The molecule has 2 aromatic rings. The second-order valence-corrected chi connectivity index (χ2v) is 5.54. The molecule has 0 aliphatic carbocycles. The molecule has 0 saturated heterocycles. The molecule has 0 aliphatic heterocycles. The van der Waals surface area contributed by atoms with Crippen molar-refractivity contribution in [2.45, 2.75) is 13.0 Å². The van der Waals surface area contributed by atoms with Crippen LogP contribution < -0.4 is 5.32 Å². The summed E-state index contributed by atoms with van der Waals surface area (Å²) in [6.45, 7) is 2.65. The lowest BCUT2D eigenvalue weighted by Gasteiger charge is -2.07. The summed E-state index contributed by atoms with van der Waals surface area (Å²) in [4.78, 5) is 0. The molecule has 5 heteroatoms. The van der Waals surface area contributed by atoms with Crippen LogP contribution in [0.25, 0.3) is 5.69 Å². The van der Waals surface area contributed by atoms with Crippen LogP contribution >= 0.6 is 22.6 Å². The molecule has 0 aliphatic rings. The number of hydrogen-bond acceptors (Lipinski definition) is 3. The lowest BCUT2D eigenvalue weighted by atomic mass is 10.2. The second-order valence-electron chi connectivity index (χ2n) is 4.30. The molecular formula is C14H18IN3O. The SMILES string of the molecule is COCCCNCc1cccc(-n2cc(I)cn2)c1. The maximum absolute atomic E-state index is 5.02. The van der Waals surface area contributed by atoms with E-state index in [9.17, 15) is 0 Å². The summed E-state index contributed by atoms with van der Waals surface area (Å²) in [6, 6.07) is 8.42. The predicted molar refractivity (Wildman–Crippen MR) is 84.5 cm³/mol. The Kier molecular flexibility index (Phi) is 5.81. The first-order chi connectivity index (χ1) is 9.29. The van der Waals surface area contributed by atoms with E-state index < -0.39 is 0 Å². The molecule has 1 aromatic heterocycles. The molecule has 1 heterocycles. The molecule has 4 nitrogen and oxygen atoms in total. The largest absolute Gasteiger partial charge is 0.385 e. The van der Waals surface area contributed by atoms with E-state index in [2.05, 4.69) is 57.3 Å². The van der Waals surface area contributed by atoms with Crippen molar-refractivity contribution in [3.63, 3.8) is 0 Å². The van der Waals surface area contributed by atoms with Gasteiger partial charge in [0, 0.05) is 26.5 Å². The van der Waals surface area contributed by atoms with Crippen LogP contribution in [0.15, 0.2) is 36.7 Å². The van der Waals surface area contributed by atoms with E-state index >= 15 is 0 Å². The van der Waals surface area contributed by atoms with Crippen LogP contribution in [0.2, 0.25) is 0 Å². The molecule has 0 saturated carbocycles. The van der Waals surface area contributed by atoms with Crippen molar-refractivity contribution in [3.8, 4) is 5.69 Å². The van der Waals surface area contributed by atoms with Gasteiger partial charge in [0.15, 0.2) is 0 Å². The molecule has 0 spiro atoms. The average Bonchev–Trinajstić information content (AvgIpc) is 2.86. The molecule has 0 bridgehead atoms. The first-order valence-electron chi connectivity index (χ1n) is 6.29. The van der Waals surface area contributed by atoms with Crippen LogP contribution in [0.1, 0.15) is 12.0 Å². The summed E-state index contributed by atoms with van der Waals surface area (Å²) in [7, 11) is 1.73. The number of nitrogens with zero attached hydrogens (tertiary/aromatic N) is 2. The summed E-state index contributed by atoms with van der Waals surface area (Å²) in [6.07, 6.45) is 4.91. The topological polar surface area (TPSA) is 39.1 Å². The van der Waals surface area contributed by atoms with E-state index in [0.717, 1.165) is 35.4 Å². The fourth-order valence-corrected chi connectivity index (χ4v) is 2.21. The van der Waals surface area contributed by atoms with E-state index in [1.165, 1.54) is 5.56 Å². The molecule has 1 aromatic carbocycles. The summed E-state index contributed by atoms with van der Waals surface area (Å²) >= 11 is 2.26. The van der Waals surface area contributed by atoms with Crippen molar-refractivity contribution >= 4 is 22.6 Å². The number of ether oxygens (including phenoxy) is 1. The summed E-state index contributed by atoms with van der Waals surface area (Å²) in [5, 5.41) is 7.73. The van der Waals surface area contributed by atoms with Gasteiger partial charge >= 0.3 is 0 Å². The Morgan fingerprint density at radius 3 is 3.05 bits per heavy atom. The van der Waals surface area contributed by atoms with Crippen LogP contribution in [0.3, 0.4) is 0 Å². The highest BCUT2D eigenvalue weighted by Crippen LogP contribution is 2.12. The van der Waals surface area contributed by atoms with Crippen LogP contribution in [-0.2, 0) is 11.3 Å². The van der Waals surface area contributed by atoms with Gasteiger partial charge in [-0.2, -0.15) is 5.10 Å². The molecule has 2 rings (SSSR count). The molecule has 0 unspecified atom stereocenters. The van der Waals surface area contributed by atoms with Gasteiger partial charge in [0.2, 0.25) is 0 Å². The van der Waals surface area contributed by atoms with E-state index in [-0.39, 0.29) is 0 Å². The van der Waals surface area contributed by atoms with Gasteiger partial charge in [0.1, 0.15) is 0 Å². The number of benzene rings is 1. The van der Waals surface area contributed by atoms with Gasteiger partial charge in [-0.15, -0.1) is 0 Å². The Hall–Kier alpha value is -0.920. The fraction of sp³-hybridized carbons (Fsp3) is 0.357. The highest BCUT2D eigenvalue weighted by atomic mass is 127. The van der Waals surface area contributed by atoms with Crippen molar-refractivity contribution in [3.05, 3.63) is 45.8 Å². The molecule has 0 amide bonds. The smallest absolute Gasteiger partial charge is 0.0649 e. The quantitative estimate of drug-likeness (QED) is 0.601. The average molecular weight is 371 g/mol. The van der Waals surface area contributed by atoms with Crippen LogP contribution in [0.5, 0.6) is 0 Å². The molecular weight excluding hydrogens is 353 g/mol. The summed E-state index contributed by atoms with van der Waals surface area (Å²) in [5.74, 6) is 0. The van der Waals surface area contributed by atoms with Gasteiger partial charge in [0.05, 0.1) is 15.5 Å². The first-order valence-corrected chi connectivity index (χ1v) is 7.36. The van der Waals surface area contributed by atoms with Gasteiger partial charge in [-0.25, -0.2) is 4.68 Å². The summed E-state index contributed by atoms with van der Waals surface area (Å²) < 4.78 is 8.06. The van der Waals surface area contributed by atoms with Gasteiger partial charge in [-0.05, 0) is 53.3 Å². The van der Waals surface area contributed by atoms with E-state index in [4.69, 9.17) is 4.74 Å². The molecule has 19 heavy (non-hydrogen) atoms. The molecule has 0 radical (unpaired) electrons. The van der Waals surface area contributed by atoms with E-state index in [0.29, 0.717) is 0 Å². The second kappa shape index (κ2) is 7.62. The highest BCUT2D eigenvalue weighted by molar-refractivity contribution is 14.1. The minimum atomic E-state index is 0.804. The lowest BCUT2D eigenvalue weighted by Crippen LogP contribution is -2.16. The summed E-state index contributed by atoms with van der Waals surface area (Å²) in [5.41, 5.74) is 2.36. The zero-order valence-corrected chi connectivity index (χ0v) is 13.1. The number of halogens is 1. The maximum atomic E-state index is 5.02. The zero-order chi connectivity index (χ0) is 13.5. The Morgan fingerprint density at radius 1 is 1.42 bits per heavy atom. The zero-order valence-electron chi connectivity index (χ0n) is 11.0. The Balaban J connectivity index is 1.92. The van der Waals surface area contributed by atoms with Crippen molar-refractivity contribution in [1.82, 2.24) is 15.1 Å². The minimum absolute atomic E-state index is 0.804. The third-order valence-electron chi connectivity index (χ3n) is 2.76. The van der Waals surface area contributed by atoms with E-state index in [1.54, 1.807) is 7.11 Å². The minimum Gasteiger partial charge on any atom is -0.385 e. The monoisotopic (exact) mass is 371 g/mol. The number of methoxy groups -OCH3 is 1. The van der Waals surface area contributed by atoms with Gasteiger partial charge in [0.25, 0.3) is 0 Å². The number of aromatic nitrogens is 2. The number of rotatable bonds is 7. The van der Waals surface area contributed by atoms with Crippen molar-refractivity contribution < 1.29 is 4.74 Å². The fourth-order valence-electron chi connectivity index (χ4n) is 1.83. The van der Waals surface area contributed by atoms with Crippen LogP contribution in [-0.4, -0.2) is 30.0 Å². The highest BCUT2D eigenvalue weighted by Gasteiger charge is 2.00. The molecule has 102 valence electrons. The number of nitrogens with one attached hydrogen (secondary N) is 1. The molecule has 0 atom stereocenters. The van der Waals surface area contributed by atoms with E-state index in [1.807, 2.05) is 17.1 Å². The third-order valence-corrected chi connectivity index (χ3v) is 3.31. The Morgan fingerprint density at radius 2 is 2.32 bits per heavy atom. The molecule has 0 fully saturated rings.